The van der Waals surface area contributed by atoms with Gasteiger partial charge in [0.25, 0.3) is 0 Å². The van der Waals surface area contributed by atoms with Gasteiger partial charge >= 0.3 is 5.97 Å². The first-order chi connectivity index (χ1) is 13.6. The lowest BCUT2D eigenvalue weighted by Crippen LogP contribution is -2.14. The number of carboxylic acid groups (broad SMARTS) is 1. The Hall–Kier alpha value is -3.13. The third-order valence-electron chi connectivity index (χ3n) is 4.66. The van der Waals surface area contributed by atoms with Crippen LogP contribution in [0.1, 0.15) is 41.4 Å². The molecule has 1 atom stereocenters. The van der Waals surface area contributed by atoms with E-state index in [1.165, 1.54) is 13.0 Å². The van der Waals surface area contributed by atoms with Crippen LogP contribution in [0.2, 0.25) is 0 Å². The lowest BCUT2D eigenvalue weighted by Gasteiger charge is -2.19. The molecule has 0 aliphatic heterocycles. The summed E-state index contributed by atoms with van der Waals surface area (Å²) in [4.78, 5) is 24.0. The Morgan fingerprint density at radius 1 is 1.21 bits per heavy atom. The van der Waals surface area contributed by atoms with E-state index in [-0.39, 0.29) is 27.4 Å². The minimum absolute atomic E-state index is 0.104. The van der Waals surface area contributed by atoms with E-state index >= 15 is 0 Å². The minimum Gasteiger partial charge on any atom is -0.478 e. The molecule has 1 heterocycles. The van der Waals surface area contributed by atoms with Gasteiger partial charge in [-0.15, -0.1) is 0 Å². The molecular formula is C21H21NO6S. The summed E-state index contributed by atoms with van der Waals surface area (Å²) >= 11 is 0. The second kappa shape index (κ2) is 7.71. The van der Waals surface area contributed by atoms with Gasteiger partial charge in [0.1, 0.15) is 5.58 Å². The third-order valence-corrected chi connectivity index (χ3v) is 6.24. The fraction of sp³-hybridized carbons (Fsp3) is 0.238. The maximum Gasteiger partial charge on any atom is 0.337 e. The van der Waals surface area contributed by atoms with E-state index in [1.807, 2.05) is 6.92 Å². The summed E-state index contributed by atoms with van der Waals surface area (Å²) in [6.45, 7) is 5.08. The van der Waals surface area contributed by atoms with Crippen LogP contribution in [0.3, 0.4) is 0 Å². The van der Waals surface area contributed by atoms with E-state index < -0.39 is 27.3 Å². The fourth-order valence-electron chi connectivity index (χ4n) is 3.14. The molecule has 0 bridgehead atoms. The number of carboxylic acids is 1. The van der Waals surface area contributed by atoms with Gasteiger partial charge in [0.05, 0.1) is 22.7 Å². The highest BCUT2D eigenvalue weighted by atomic mass is 32.2. The van der Waals surface area contributed by atoms with Crippen molar-refractivity contribution in [3.05, 3.63) is 69.4 Å². The number of hydrogen-bond donors (Lipinski definition) is 2. The van der Waals surface area contributed by atoms with Gasteiger partial charge in [0.2, 0.25) is 14.9 Å². The van der Waals surface area contributed by atoms with E-state index in [1.54, 1.807) is 37.3 Å². The monoisotopic (exact) mass is 415 g/mol. The van der Waals surface area contributed by atoms with Crippen LogP contribution in [0.5, 0.6) is 0 Å². The minimum atomic E-state index is -3.71. The normalized spacial score (nSPS) is 12.7. The van der Waals surface area contributed by atoms with Crippen molar-refractivity contribution in [3.63, 3.8) is 0 Å². The van der Waals surface area contributed by atoms with Crippen molar-refractivity contribution in [3.8, 4) is 0 Å². The Morgan fingerprint density at radius 3 is 2.55 bits per heavy atom. The van der Waals surface area contributed by atoms with Crippen LogP contribution in [-0.2, 0) is 9.84 Å². The summed E-state index contributed by atoms with van der Waals surface area (Å²) in [7, 11) is -3.71. The SMILES string of the molecule is CCS(=O)(=O)c1cc(=O)c2cc(C)cc(C(C)Nc3ccccc3C(=O)O)c2o1. The van der Waals surface area contributed by atoms with Gasteiger partial charge in [-0.3, -0.25) is 4.79 Å². The Kier molecular flexibility index (Phi) is 5.48. The van der Waals surface area contributed by atoms with Crippen LogP contribution in [0.15, 0.2) is 56.8 Å². The van der Waals surface area contributed by atoms with Crippen LogP contribution in [0.4, 0.5) is 5.69 Å². The number of aromatic carboxylic acids is 1. The molecule has 7 nitrogen and oxygen atoms in total. The molecule has 29 heavy (non-hydrogen) atoms. The molecule has 0 amide bonds. The number of fused-ring (bicyclic) bond motifs is 1. The predicted octanol–water partition coefficient (Wildman–Crippen LogP) is 3.77. The molecule has 0 saturated carbocycles. The number of para-hydroxylation sites is 1. The molecule has 0 aliphatic rings. The molecule has 3 rings (SSSR count). The maximum absolute atomic E-state index is 12.6. The maximum atomic E-state index is 12.6. The predicted molar refractivity (Wildman–Crippen MR) is 110 cm³/mol. The van der Waals surface area contributed by atoms with E-state index in [0.717, 1.165) is 11.6 Å². The van der Waals surface area contributed by atoms with Gasteiger partial charge in [-0.2, -0.15) is 0 Å². The quantitative estimate of drug-likeness (QED) is 0.630. The Bertz CT molecular complexity index is 1260. The van der Waals surface area contributed by atoms with Crippen molar-refractivity contribution in [2.45, 2.75) is 31.9 Å². The van der Waals surface area contributed by atoms with Crippen molar-refractivity contribution >= 4 is 32.5 Å². The fourth-order valence-corrected chi connectivity index (χ4v) is 3.92. The zero-order valence-electron chi connectivity index (χ0n) is 16.2. The van der Waals surface area contributed by atoms with Gasteiger partial charge in [-0.1, -0.05) is 25.1 Å². The lowest BCUT2D eigenvalue weighted by molar-refractivity contribution is 0.0698. The third kappa shape index (κ3) is 4.02. The standard InChI is InChI=1S/C21H21NO6S/c1-4-29(26,27)19-11-18(23)16-10-12(2)9-15(20(16)28-19)13(3)22-17-8-6-5-7-14(17)21(24)25/h5-11,13,22H,4H2,1-3H3,(H,24,25). The van der Waals surface area contributed by atoms with Crippen LogP contribution in [-0.4, -0.2) is 25.2 Å². The average molecular weight is 415 g/mol. The molecule has 0 spiro atoms. The highest BCUT2D eigenvalue weighted by molar-refractivity contribution is 7.91. The number of benzene rings is 2. The Labute approximate surface area is 167 Å². The number of nitrogens with one attached hydrogen (secondary N) is 1. The largest absolute Gasteiger partial charge is 0.478 e. The molecule has 152 valence electrons. The highest BCUT2D eigenvalue weighted by Gasteiger charge is 2.21. The summed E-state index contributed by atoms with van der Waals surface area (Å²) in [5.41, 5.74) is 1.59. The number of hydrogen-bond acceptors (Lipinski definition) is 6. The molecule has 1 unspecified atom stereocenters. The topological polar surface area (TPSA) is 114 Å². The first-order valence-corrected chi connectivity index (χ1v) is 10.7. The summed E-state index contributed by atoms with van der Waals surface area (Å²) in [6.07, 6.45) is 0. The smallest absolute Gasteiger partial charge is 0.337 e. The summed E-state index contributed by atoms with van der Waals surface area (Å²) in [6, 6.07) is 10.4. The number of aryl methyl sites for hydroxylation is 1. The van der Waals surface area contributed by atoms with E-state index in [2.05, 4.69) is 5.32 Å². The second-order valence-electron chi connectivity index (χ2n) is 6.78. The first-order valence-electron chi connectivity index (χ1n) is 9.04. The first kappa shape index (κ1) is 20.6. The van der Waals surface area contributed by atoms with Crippen molar-refractivity contribution in [2.75, 3.05) is 11.1 Å². The molecule has 0 fully saturated rings. The van der Waals surface area contributed by atoms with E-state index in [4.69, 9.17) is 4.42 Å². The number of sulfone groups is 1. The molecule has 8 heteroatoms. The van der Waals surface area contributed by atoms with Gasteiger partial charge < -0.3 is 14.8 Å². The molecular weight excluding hydrogens is 394 g/mol. The van der Waals surface area contributed by atoms with Gasteiger partial charge in [0, 0.05) is 17.3 Å². The Balaban J connectivity index is 2.18. The summed E-state index contributed by atoms with van der Waals surface area (Å²) in [5, 5.41) is 12.4. The van der Waals surface area contributed by atoms with Crippen LogP contribution in [0.25, 0.3) is 11.0 Å². The Morgan fingerprint density at radius 2 is 1.90 bits per heavy atom. The average Bonchev–Trinajstić information content (AvgIpc) is 2.68. The number of anilines is 1. The van der Waals surface area contributed by atoms with E-state index in [0.29, 0.717) is 11.3 Å². The van der Waals surface area contributed by atoms with E-state index in [9.17, 15) is 23.1 Å². The van der Waals surface area contributed by atoms with Crippen LogP contribution >= 0.6 is 0 Å². The van der Waals surface area contributed by atoms with Gasteiger partial charge in [-0.25, -0.2) is 13.2 Å². The van der Waals surface area contributed by atoms with Crippen LogP contribution in [0, 0.1) is 6.92 Å². The molecule has 0 radical (unpaired) electrons. The molecule has 0 saturated heterocycles. The summed E-state index contributed by atoms with van der Waals surface area (Å²) in [5.74, 6) is -1.26. The zero-order chi connectivity index (χ0) is 21.3. The van der Waals surface area contributed by atoms with Crippen molar-refractivity contribution < 1.29 is 22.7 Å². The second-order valence-corrected chi connectivity index (χ2v) is 8.99. The van der Waals surface area contributed by atoms with Crippen molar-refractivity contribution in [2.24, 2.45) is 0 Å². The summed E-state index contributed by atoms with van der Waals surface area (Å²) < 4.78 is 30.2. The van der Waals surface area contributed by atoms with Crippen LogP contribution < -0.4 is 10.7 Å². The van der Waals surface area contributed by atoms with Crippen molar-refractivity contribution in [1.29, 1.82) is 0 Å². The zero-order valence-corrected chi connectivity index (χ0v) is 17.0. The molecule has 2 N–H and O–H groups in total. The molecule has 0 aliphatic carbocycles. The molecule has 2 aromatic carbocycles. The number of carbonyl (C=O) groups is 1. The number of rotatable bonds is 6. The van der Waals surface area contributed by atoms with Gasteiger partial charge in [-0.05, 0) is 37.6 Å². The lowest BCUT2D eigenvalue weighted by atomic mass is 10.0. The van der Waals surface area contributed by atoms with Crippen molar-refractivity contribution in [1.82, 2.24) is 0 Å². The molecule has 1 aromatic heterocycles. The van der Waals surface area contributed by atoms with Gasteiger partial charge in [0.15, 0.2) is 5.43 Å². The highest BCUT2D eigenvalue weighted by Crippen LogP contribution is 2.30. The molecule has 3 aromatic rings.